The first-order chi connectivity index (χ1) is 11.1. The van der Waals surface area contributed by atoms with Crippen molar-refractivity contribution in [2.75, 3.05) is 38.6 Å². The van der Waals surface area contributed by atoms with E-state index in [1.54, 1.807) is 21.8 Å². The number of nitrogens with one attached hydrogen (secondary N) is 1. The Kier molecular flexibility index (Phi) is 4.98. The minimum atomic E-state index is -3.28. The number of methoxy groups -OCH3 is 1. The van der Waals surface area contributed by atoms with Crippen LogP contribution < -0.4 is 10.1 Å². The highest BCUT2D eigenvalue weighted by Crippen LogP contribution is 2.22. The first kappa shape index (κ1) is 16.4. The minimum Gasteiger partial charge on any atom is -0.481 e. The van der Waals surface area contributed by atoms with Gasteiger partial charge in [-0.05, 0) is 25.7 Å². The Bertz CT molecular complexity index is 625. The lowest BCUT2D eigenvalue weighted by molar-refractivity contribution is 0.303. The van der Waals surface area contributed by atoms with E-state index in [1.807, 2.05) is 0 Å². The molecule has 2 aliphatic heterocycles. The molecule has 0 aliphatic carbocycles. The van der Waals surface area contributed by atoms with Crippen LogP contribution in [0.5, 0.6) is 5.88 Å². The van der Waals surface area contributed by atoms with Crippen LogP contribution in [0.25, 0.3) is 0 Å². The zero-order valence-corrected chi connectivity index (χ0v) is 14.1. The predicted octanol–water partition coefficient (Wildman–Crippen LogP) is 0.702. The van der Waals surface area contributed by atoms with Gasteiger partial charge in [0.15, 0.2) is 0 Å². The Labute approximate surface area is 137 Å². The molecule has 1 N–H and O–H groups in total. The highest BCUT2D eigenvalue weighted by molar-refractivity contribution is 7.86. The van der Waals surface area contributed by atoms with Gasteiger partial charge in [-0.25, -0.2) is 9.97 Å². The Morgan fingerprint density at radius 3 is 2.43 bits per heavy atom. The van der Waals surface area contributed by atoms with E-state index in [0.717, 1.165) is 25.7 Å². The van der Waals surface area contributed by atoms with Crippen molar-refractivity contribution in [2.45, 2.75) is 31.7 Å². The second-order valence-corrected chi connectivity index (χ2v) is 7.81. The summed E-state index contributed by atoms with van der Waals surface area (Å²) in [6, 6.07) is 1.95. The van der Waals surface area contributed by atoms with E-state index in [-0.39, 0.29) is 6.04 Å². The van der Waals surface area contributed by atoms with Crippen molar-refractivity contribution in [3.63, 3.8) is 0 Å². The fourth-order valence-electron chi connectivity index (χ4n) is 3.05. The van der Waals surface area contributed by atoms with Crippen LogP contribution in [-0.4, -0.2) is 66.3 Å². The van der Waals surface area contributed by atoms with Crippen LogP contribution in [-0.2, 0) is 10.2 Å². The molecule has 23 heavy (non-hydrogen) atoms. The van der Waals surface area contributed by atoms with Crippen LogP contribution in [0, 0.1) is 0 Å². The lowest BCUT2D eigenvalue weighted by atomic mass is 10.1. The largest absolute Gasteiger partial charge is 0.481 e. The van der Waals surface area contributed by atoms with Crippen molar-refractivity contribution in [1.29, 1.82) is 0 Å². The lowest BCUT2D eigenvalue weighted by Gasteiger charge is -2.34. The molecule has 0 unspecified atom stereocenters. The molecule has 3 heterocycles. The topological polar surface area (TPSA) is 87.7 Å². The quantitative estimate of drug-likeness (QED) is 0.848. The molecule has 9 heteroatoms. The second kappa shape index (κ2) is 6.98. The summed E-state index contributed by atoms with van der Waals surface area (Å²) in [6.07, 6.45) is 4.91. The molecule has 0 aromatic carbocycles. The van der Waals surface area contributed by atoms with Crippen LogP contribution in [0.2, 0.25) is 0 Å². The van der Waals surface area contributed by atoms with Gasteiger partial charge >= 0.3 is 0 Å². The summed E-state index contributed by atoms with van der Waals surface area (Å²) in [7, 11) is -1.71. The van der Waals surface area contributed by atoms with Crippen molar-refractivity contribution < 1.29 is 13.2 Å². The molecule has 0 spiro atoms. The molecular weight excluding hydrogens is 318 g/mol. The van der Waals surface area contributed by atoms with Crippen LogP contribution in [0.1, 0.15) is 25.7 Å². The second-order valence-electron chi connectivity index (χ2n) is 5.88. The number of anilines is 1. The van der Waals surface area contributed by atoms with Gasteiger partial charge in [-0.2, -0.15) is 17.0 Å². The van der Waals surface area contributed by atoms with Crippen molar-refractivity contribution in [2.24, 2.45) is 0 Å². The molecule has 1 aromatic rings. The van der Waals surface area contributed by atoms with E-state index < -0.39 is 10.2 Å². The van der Waals surface area contributed by atoms with Gasteiger partial charge in [-0.3, -0.25) is 0 Å². The number of rotatable bonds is 5. The van der Waals surface area contributed by atoms with Gasteiger partial charge in [-0.15, -0.1) is 0 Å². The van der Waals surface area contributed by atoms with Crippen LogP contribution in [0.15, 0.2) is 12.4 Å². The van der Waals surface area contributed by atoms with Gasteiger partial charge in [0.05, 0.1) is 7.11 Å². The lowest BCUT2D eigenvalue weighted by Crippen LogP contribution is -2.48. The molecular formula is C14H23N5O3S. The van der Waals surface area contributed by atoms with Crippen molar-refractivity contribution in [3.8, 4) is 5.88 Å². The molecule has 0 radical (unpaired) electrons. The highest BCUT2D eigenvalue weighted by atomic mass is 32.2. The van der Waals surface area contributed by atoms with E-state index in [2.05, 4.69) is 15.3 Å². The van der Waals surface area contributed by atoms with Gasteiger partial charge in [0, 0.05) is 38.3 Å². The summed E-state index contributed by atoms with van der Waals surface area (Å²) in [5, 5.41) is 3.33. The first-order valence-electron chi connectivity index (χ1n) is 7.97. The fraction of sp³-hybridized carbons (Fsp3) is 0.714. The predicted molar refractivity (Wildman–Crippen MR) is 86.5 cm³/mol. The molecule has 128 valence electrons. The molecule has 0 atom stereocenters. The van der Waals surface area contributed by atoms with Crippen molar-refractivity contribution >= 4 is 16.0 Å². The van der Waals surface area contributed by atoms with E-state index in [4.69, 9.17) is 4.74 Å². The Morgan fingerprint density at radius 1 is 1.13 bits per heavy atom. The third kappa shape index (κ3) is 3.73. The number of nitrogens with zero attached hydrogens (tertiary/aromatic N) is 4. The summed E-state index contributed by atoms with van der Waals surface area (Å²) in [5.74, 6) is 1.22. The van der Waals surface area contributed by atoms with Crippen molar-refractivity contribution in [3.05, 3.63) is 12.4 Å². The SMILES string of the molecule is COc1cc(NC2CCN(S(=O)(=O)N3CCCC3)CC2)ncn1. The molecule has 3 rings (SSSR count). The van der Waals surface area contributed by atoms with E-state index in [9.17, 15) is 8.42 Å². The Morgan fingerprint density at radius 2 is 1.78 bits per heavy atom. The molecule has 0 bridgehead atoms. The number of aromatic nitrogens is 2. The monoisotopic (exact) mass is 341 g/mol. The first-order valence-corrected chi connectivity index (χ1v) is 9.37. The summed E-state index contributed by atoms with van der Waals surface area (Å²) in [4.78, 5) is 8.14. The van der Waals surface area contributed by atoms with E-state index in [1.165, 1.54) is 6.33 Å². The summed E-state index contributed by atoms with van der Waals surface area (Å²) in [5.41, 5.74) is 0. The van der Waals surface area contributed by atoms with Gasteiger partial charge in [-0.1, -0.05) is 0 Å². The molecule has 1 aromatic heterocycles. The third-order valence-electron chi connectivity index (χ3n) is 4.37. The third-order valence-corrected chi connectivity index (χ3v) is 6.41. The van der Waals surface area contributed by atoms with Crippen LogP contribution >= 0.6 is 0 Å². The minimum absolute atomic E-state index is 0.208. The average molecular weight is 341 g/mol. The molecule has 0 saturated carbocycles. The standard InChI is InChI=1S/C14H23N5O3S/c1-22-14-10-13(15-11-16-14)17-12-4-8-19(9-5-12)23(20,21)18-6-2-3-7-18/h10-12H,2-9H2,1H3,(H,15,16,17). The Balaban J connectivity index is 1.55. The zero-order valence-electron chi connectivity index (χ0n) is 13.3. The number of hydrogen-bond donors (Lipinski definition) is 1. The number of hydrogen-bond acceptors (Lipinski definition) is 6. The van der Waals surface area contributed by atoms with Crippen LogP contribution in [0.4, 0.5) is 5.82 Å². The van der Waals surface area contributed by atoms with Gasteiger partial charge in [0.2, 0.25) is 5.88 Å². The maximum Gasteiger partial charge on any atom is 0.281 e. The number of piperidine rings is 1. The average Bonchev–Trinajstić information content (AvgIpc) is 3.11. The molecule has 0 amide bonds. The zero-order chi connectivity index (χ0) is 16.3. The van der Waals surface area contributed by atoms with Gasteiger partial charge in [0.25, 0.3) is 10.2 Å². The molecule has 2 fully saturated rings. The number of ether oxygens (including phenoxy) is 1. The van der Waals surface area contributed by atoms with Crippen molar-refractivity contribution in [1.82, 2.24) is 18.6 Å². The maximum atomic E-state index is 12.5. The maximum absolute atomic E-state index is 12.5. The van der Waals surface area contributed by atoms with Gasteiger partial charge in [0.1, 0.15) is 12.1 Å². The Hall–Kier alpha value is -1.45. The summed E-state index contributed by atoms with van der Waals surface area (Å²) in [6.45, 7) is 2.39. The highest BCUT2D eigenvalue weighted by Gasteiger charge is 2.34. The van der Waals surface area contributed by atoms with Gasteiger partial charge < -0.3 is 10.1 Å². The molecule has 2 aliphatic rings. The van der Waals surface area contributed by atoms with E-state index in [0.29, 0.717) is 37.9 Å². The summed E-state index contributed by atoms with van der Waals surface area (Å²) < 4.78 is 33.4. The smallest absolute Gasteiger partial charge is 0.281 e. The fourth-order valence-corrected chi connectivity index (χ4v) is 4.77. The molecule has 2 saturated heterocycles. The summed E-state index contributed by atoms with van der Waals surface area (Å²) >= 11 is 0. The molecule has 8 nitrogen and oxygen atoms in total. The van der Waals surface area contributed by atoms with E-state index >= 15 is 0 Å². The normalized spacial score (nSPS) is 21.4. The van der Waals surface area contributed by atoms with Crippen LogP contribution in [0.3, 0.4) is 0 Å².